The zero-order valence-electron chi connectivity index (χ0n) is 20.7. The smallest absolute Gasteiger partial charge is 0.480 e. The fourth-order valence-electron chi connectivity index (χ4n) is 3.44. The van der Waals surface area contributed by atoms with E-state index in [9.17, 15) is 36.3 Å². The molecule has 0 spiro atoms. The molecule has 1 amide bonds. The summed E-state index contributed by atoms with van der Waals surface area (Å²) in [5, 5.41) is 22.3. The van der Waals surface area contributed by atoms with E-state index in [-0.39, 0.29) is 23.8 Å². The number of aromatic nitrogens is 1. The van der Waals surface area contributed by atoms with Crippen LogP contribution in [0.1, 0.15) is 36.9 Å². The van der Waals surface area contributed by atoms with Gasteiger partial charge >= 0.3 is 18.1 Å². The van der Waals surface area contributed by atoms with Crippen molar-refractivity contribution in [1.29, 1.82) is 0 Å². The maximum atomic E-state index is 12.3. The molecule has 3 rings (SSSR count). The first kappa shape index (κ1) is 31.5. The highest BCUT2D eigenvalue weighted by molar-refractivity contribution is 7.89. The zero-order chi connectivity index (χ0) is 29.1. The van der Waals surface area contributed by atoms with E-state index >= 15 is 0 Å². The van der Waals surface area contributed by atoms with E-state index in [0.29, 0.717) is 6.42 Å². The number of hydrogen-bond acceptors (Lipinski definition) is 7. The standard InChI is InChI=1S/C22H28N4O5S.C2HF3O2/c27-20(11-5-4-8-17-13-12-16-7-6-14-23-21(16)25-17)24-15-19(22(28)29)26-32(30,31)18-9-2-1-3-10-18;3-2(4,5)1(6)7/h1-3,9-10,12-13,19,26H,4-8,11,14-15H2,(H,23,25)(H,24,27)(H,28,29);(H,6,7). The number of aryl methyl sites for hydroxylation is 2. The molecule has 2 heterocycles. The molecule has 0 fully saturated rings. The lowest BCUT2D eigenvalue weighted by Gasteiger charge is -2.17. The van der Waals surface area contributed by atoms with Gasteiger partial charge in [-0.15, -0.1) is 0 Å². The van der Waals surface area contributed by atoms with Crippen LogP contribution in [-0.4, -0.2) is 66.8 Å². The van der Waals surface area contributed by atoms with E-state index in [1.807, 2.05) is 6.07 Å². The van der Waals surface area contributed by atoms with Crippen LogP contribution in [0.25, 0.3) is 0 Å². The molecule has 1 aromatic heterocycles. The second-order valence-corrected chi connectivity index (χ2v) is 10.2. The molecule has 0 radical (unpaired) electrons. The Morgan fingerprint density at radius 1 is 1.05 bits per heavy atom. The SMILES string of the molecule is O=C(CCCCc1ccc2c(n1)NCCC2)NCC(NS(=O)(=O)c1ccccc1)C(=O)O.O=C(O)C(F)(F)F. The predicted octanol–water partition coefficient (Wildman–Crippen LogP) is 2.33. The molecule has 0 aliphatic carbocycles. The summed E-state index contributed by atoms with van der Waals surface area (Å²) in [7, 11) is -4.00. The number of sulfonamides is 1. The minimum absolute atomic E-state index is 0.0384. The number of alkyl halides is 3. The fraction of sp³-hybridized carbons (Fsp3) is 0.417. The predicted molar refractivity (Wildman–Crippen MR) is 133 cm³/mol. The highest BCUT2D eigenvalue weighted by Gasteiger charge is 2.38. The van der Waals surface area contributed by atoms with Crippen molar-refractivity contribution in [1.82, 2.24) is 15.0 Å². The van der Waals surface area contributed by atoms with E-state index < -0.39 is 34.2 Å². The average Bonchev–Trinajstić information content (AvgIpc) is 2.89. The second kappa shape index (κ2) is 14.4. The molecule has 11 nitrogen and oxygen atoms in total. The summed E-state index contributed by atoms with van der Waals surface area (Å²) in [6.07, 6.45) is -0.584. The number of unbranched alkanes of at least 4 members (excludes halogenated alkanes) is 1. The largest absolute Gasteiger partial charge is 0.490 e. The number of benzene rings is 1. The Morgan fingerprint density at radius 3 is 2.33 bits per heavy atom. The second-order valence-electron chi connectivity index (χ2n) is 8.48. The van der Waals surface area contributed by atoms with E-state index in [0.717, 1.165) is 43.7 Å². The third-order valence-corrected chi connectivity index (χ3v) is 6.92. The summed E-state index contributed by atoms with van der Waals surface area (Å²) in [5.74, 6) is -3.50. The van der Waals surface area contributed by atoms with Gasteiger partial charge < -0.3 is 20.8 Å². The number of halogens is 3. The van der Waals surface area contributed by atoms with Gasteiger partial charge in [0.25, 0.3) is 0 Å². The van der Waals surface area contributed by atoms with Crippen molar-refractivity contribution in [2.45, 2.75) is 55.6 Å². The Hall–Kier alpha value is -3.72. The van der Waals surface area contributed by atoms with Crippen LogP contribution in [0.4, 0.5) is 19.0 Å². The van der Waals surface area contributed by atoms with Crippen LogP contribution in [-0.2, 0) is 37.2 Å². The number of carboxylic acid groups (broad SMARTS) is 2. The molecular formula is C24H29F3N4O7S. The van der Waals surface area contributed by atoms with Gasteiger partial charge in [-0.25, -0.2) is 18.2 Å². The number of rotatable bonds is 11. The topological polar surface area (TPSA) is 175 Å². The molecule has 39 heavy (non-hydrogen) atoms. The van der Waals surface area contributed by atoms with Crippen molar-refractivity contribution in [3.63, 3.8) is 0 Å². The van der Waals surface area contributed by atoms with E-state index in [4.69, 9.17) is 9.90 Å². The molecule has 1 atom stereocenters. The summed E-state index contributed by atoms with van der Waals surface area (Å²) in [6, 6.07) is 10.1. The quantitative estimate of drug-likeness (QED) is 0.252. The Kier molecular flexibility index (Phi) is 11.7. The molecular weight excluding hydrogens is 545 g/mol. The third-order valence-electron chi connectivity index (χ3n) is 5.43. The Bertz CT molecular complexity index is 1240. The lowest BCUT2D eigenvalue weighted by Crippen LogP contribution is -2.48. The number of carboxylic acids is 2. The van der Waals surface area contributed by atoms with E-state index in [1.54, 1.807) is 18.2 Å². The number of nitrogens with one attached hydrogen (secondary N) is 3. The highest BCUT2D eigenvalue weighted by Crippen LogP contribution is 2.20. The van der Waals surface area contributed by atoms with Crippen molar-refractivity contribution in [2.75, 3.05) is 18.4 Å². The molecule has 1 aliphatic heterocycles. The summed E-state index contributed by atoms with van der Waals surface area (Å²) in [6.45, 7) is 0.598. The highest BCUT2D eigenvalue weighted by atomic mass is 32.2. The molecule has 1 aliphatic rings. The number of amides is 1. The van der Waals surface area contributed by atoms with Crippen LogP contribution >= 0.6 is 0 Å². The number of anilines is 1. The van der Waals surface area contributed by atoms with E-state index in [1.165, 1.54) is 17.7 Å². The number of carbonyl (C=O) groups is 3. The Balaban J connectivity index is 0.000000673. The van der Waals surface area contributed by atoms with Crippen LogP contribution < -0.4 is 15.4 Å². The van der Waals surface area contributed by atoms with Gasteiger partial charge in [0.1, 0.15) is 11.9 Å². The summed E-state index contributed by atoms with van der Waals surface area (Å²) < 4.78 is 58.5. The molecule has 0 bridgehead atoms. The Labute approximate surface area is 222 Å². The van der Waals surface area contributed by atoms with Gasteiger partial charge in [-0.2, -0.15) is 17.9 Å². The molecule has 5 N–H and O–H groups in total. The Morgan fingerprint density at radius 2 is 1.72 bits per heavy atom. The first-order valence-electron chi connectivity index (χ1n) is 11.9. The van der Waals surface area contributed by atoms with E-state index in [2.05, 4.69) is 26.4 Å². The normalized spacial score (nSPS) is 13.6. The summed E-state index contributed by atoms with van der Waals surface area (Å²) in [4.78, 5) is 37.0. The van der Waals surface area contributed by atoms with Gasteiger partial charge in [0.2, 0.25) is 15.9 Å². The number of aliphatic carboxylic acids is 2. The first-order valence-corrected chi connectivity index (χ1v) is 13.4. The number of fused-ring (bicyclic) bond motifs is 1. The van der Waals surface area contributed by atoms with Gasteiger partial charge in [0.15, 0.2) is 0 Å². The summed E-state index contributed by atoms with van der Waals surface area (Å²) in [5.41, 5.74) is 2.20. The zero-order valence-corrected chi connectivity index (χ0v) is 21.5. The van der Waals surface area contributed by atoms with Crippen molar-refractivity contribution in [2.24, 2.45) is 0 Å². The van der Waals surface area contributed by atoms with Crippen molar-refractivity contribution in [3.05, 3.63) is 53.7 Å². The fourth-order valence-corrected chi connectivity index (χ4v) is 4.65. The maximum Gasteiger partial charge on any atom is 0.490 e. The van der Waals surface area contributed by atoms with Crippen molar-refractivity contribution in [3.8, 4) is 0 Å². The minimum Gasteiger partial charge on any atom is -0.480 e. The van der Waals surface area contributed by atoms with Crippen LogP contribution in [0.15, 0.2) is 47.4 Å². The van der Waals surface area contributed by atoms with Crippen molar-refractivity contribution >= 4 is 33.7 Å². The van der Waals surface area contributed by atoms with Crippen LogP contribution in [0, 0.1) is 0 Å². The molecule has 0 saturated carbocycles. The molecule has 1 aromatic carbocycles. The first-order chi connectivity index (χ1) is 18.3. The average molecular weight is 575 g/mol. The monoisotopic (exact) mass is 574 g/mol. The van der Waals surface area contributed by atoms with Gasteiger partial charge in [-0.1, -0.05) is 24.3 Å². The minimum atomic E-state index is -5.08. The molecule has 0 saturated heterocycles. The van der Waals surface area contributed by atoms with Gasteiger partial charge in [-0.3, -0.25) is 9.59 Å². The van der Waals surface area contributed by atoms with Crippen LogP contribution in [0.3, 0.4) is 0 Å². The lowest BCUT2D eigenvalue weighted by molar-refractivity contribution is -0.192. The lowest BCUT2D eigenvalue weighted by atomic mass is 10.1. The molecule has 2 aromatic rings. The third kappa shape index (κ3) is 10.9. The molecule has 214 valence electrons. The van der Waals surface area contributed by atoms with Gasteiger partial charge in [0, 0.05) is 25.2 Å². The van der Waals surface area contributed by atoms with Crippen molar-refractivity contribution < 1.29 is 46.2 Å². The maximum absolute atomic E-state index is 12.3. The van der Waals surface area contributed by atoms with Gasteiger partial charge in [-0.05, 0) is 55.9 Å². The number of nitrogens with zero attached hydrogens (tertiary/aromatic N) is 1. The van der Waals surface area contributed by atoms with Crippen LogP contribution in [0.5, 0.6) is 0 Å². The number of hydrogen-bond donors (Lipinski definition) is 5. The molecule has 15 heteroatoms. The van der Waals surface area contributed by atoms with Gasteiger partial charge in [0.05, 0.1) is 4.90 Å². The molecule has 1 unspecified atom stereocenters. The van der Waals surface area contributed by atoms with Crippen LogP contribution in [0.2, 0.25) is 0 Å². The number of carbonyl (C=O) groups excluding carboxylic acids is 1. The number of pyridine rings is 1. The summed E-state index contributed by atoms with van der Waals surface area (Å²) >= 11 is 0.